The number of carbonyl (C=O) groups is 2. The van der Waals surface area contributed by atoms with Crippen molar-refractivity contribution in [1.82, 2.24) is 4.90 Å². The van der Waals surface area contributed by atoms with Gasteiger partial charge in [0.15, 0.2) is 0 Å². The van der Waals surface area contributed by atoms with E-state index < -0.39 is 0 Å². The largest absolute Gasteiger partial charge is 0.497 e. The van der Waals surface area contributed by atoms with E-state index in [4.69, 9.17) is 4.74 Å². The Labute approximate surface area is 156 Å². The molecule has 4 heteroatoms. The van der Waals surface area contributed by atoms with Gasteiger partial charge in [0, 0.05) is 31.8 Å². The molecule has 2 atom stereocenters. The highest BCUT2D eigenvalue weighted by molar-refractivity contribution is 5.90. The number of piperidine rings is 1. The van der Waals surface area contributed by atoms with Gasteiger partial charge in [0.05, 0.1) is 7.11 Å². The lowest BCUT2D eigenvalue weighted by Crippen LogP contribution is -2.54. The number of benzene rings is 1. The van der Waals surface area contributed by atoms with Gasteiger partial charge in [-0.2, -0.15) is 0 Å². The second-order valence-corrected chi connectivity index (χ2v) is 7.90. The number of amides is 1. The highest BCUT2D eigenvalue weighted by Crippen LogP contribution is 2.46. The van der Waals surface area contributed by atoms with Crippen molar-refractivity contribution in [2.24, 2.45) is 11.3 Å². The fourth-order valence-electron chi connectivity index (χ4n) is 4.61. The van der Waals surface area contributed by atoms with Crippen molar-refractivity contribution in [3.63, 3.8) is 0 Å². The molecule has 2 aliphatic rings. The van der Waals surface area contributed by atoms with Crippen molar-refractivity contribution in [1.29, 1.82) is 0 Å². The van der Waals surface area contributed by atoms with Crippen LogP contribution in [-0.4, -0.2) is 30.2 Å². The first-order valence-electron chi connectivity index (χ1n) is 9.59. The highest BCUT2D eigenvalue weighted by Gasteiger charge is 2.48. The first kappa shape index (κ1) is 18.7. The lowest BCUT2D eigenvalue weighted by Gasteiger charge is -2.49. The van der Waals surface area contributed by atoms with Gasteiger partial charge >= 0.3 is 0 Å². The molecule has 2 fully saturated rings. The second-order valence-electron chi connectivity index (χ2n) is 7.90. The Balaban J connectivity index is 1.72. The van der Waals surface area contributed by atoms with Crippen LogP contribution in [0.2, 0.25) is 0 Å². The van der Waals surface area contributed by atoms with E-state index in [-0.39, 0.29) is 23.0 Å². The molecule has 0 spiro atoms. The summed E-state index contributed by atoms with van der Waals surface area (Å²) < 4.78 is 5.21. The molecule has 26 heavy (non-hydrogen) atoms. The van der Waals surface area contributed by atoms with Crippen molar-refractivity contribution < 1.29 is 14.3 Å². The Hall–Kier alpha value is -2.10. The van der Waals surface area contributed by atoms with Gasteiger partial charge < -0.3 is 9.64 Å². The van der Waals surface area contributed by atoms with Gasteiger partial charge in [-0.05, 0) is 48.8 Å². The zero-order valence-electron chi connectivity index (χ0n) is 15.7. The van der Waals surface area contributed by atoms with Crippen molar-refractivity contribution in [3.8, 4) is 5.75 Å². The fraction of sp³-hybridized carbons (Fsp3) is 0.545. The number of hydrogen-bond acceptors (Lipinski definition) is 3. The van der Waals surface area contributed by atoms with E-state index in [1.165, 1.54) is 0 Å². The Morgan fingerprint density at radius 1 is 1.27 bits per heavy atom. The summed E-state index contributed by atoms with van der Waals surface area (Å²) in [4.78, 5) is 27.1. The number of likely N-dealkylation sites (tertiary alicyclic amines) is 1. The lowest BCUT2D eigenvalue weighted by atomic mass is 9.63. The Kier molecular flexibility index (Phi) is 5.80. The number of carbonyl (C=O) groups excluding carboxylic acids is 2. The third-order valence-electron chi connectivity index (χ3n) is 5.81. The number of ketones is 1. The molecule has 0 aromatic heterocycles. The van der Waals surface area contributed by atoms with E-state index in [1.54, 1.807) is 7.11 Å². The van der Waals surface area contributed by atoms with E-state index >= 15 is 0 Å². The number of hydrogen-bond donors (Lipinski definition) is 0. The molecule has 3 rings (SSSR count). The number of rotatable bonds is 8. The fourth-order valence-corrected chi connectivity index (χ4v) is 4.61. The summed E-state index contributed by atoms with van der Waals surface area (Å²) in [5.74, 6) is 1.11. The number of unbranched alkanes of at least 4 members (excludes halogenated alkanes) is 2. The van der Waals surface area contributed by atoms with Crippen LogP contribution in [0.5, 0.6) is 5.75 Å². The molecule has 1 heterocycles. The van der Waals surface area contributed by atoms with Crippen LogP contribution in [0, 0.1) is 11.3 Å². The number of fused-ring (bicyclic) bond motifs is 2. The van der Waals surface area contributed by atoms with Crippen LogP contribution in [0.25, 0.3) is 0 Å². The monoisotopic (exact) mass is 355 g/mol. The summed E-state index contributed by atoms with van der Waals surface area (Å²) >= 11 is 0. The van der Waals surface area contributed by atoms with E-state index in [0.29, 0.717) is 25.9 Å². The molecular weight excluding hydrogens is 326 g/mol. The molecule has 0 N–H and O–H groups in total. The maximum atomic E-state index is 12.9. The molecular formula is C22H29NO3. The number of nitrogens with zero attached hydrogens (tertiary/aromatic N) is 1. The predicted octanol–water partition coefficient (Wildman–Crippen LogP) is 4.14. The van der Waals surface area contributed by atoms with E-state index in [2.05, 4.69) is 6.58 Å². The zero-order chi connectivity index (χ0) is 18.6. The molecule has 1 saturated carbocycles. The topological polar surface area (TPSA) is 46.6 Å². The Bertz CT molecular complexity index is 666. The summed E-state index contributed by atoms with van der Waals surface area (Å²) in [6.07, 6.45) is 8.12. The minimum atomic E-state index is -0.123. The van der Waals surface area contributed by atoms with E-state index in [1.807, 2.05) is 35.2 Å². The average molecular weight is 355 g/mol. The number of ether oxygens (including phenoxy) is 1. The third kappa shape index (κ3) is 4.17. The van der Waals surface area contributed by atoms with E-state index in [9.17, 15) is 9.59 Å². The first-order valence-corrected chi connectivity index (χ1v) is 9.59. The first-order chi connectivity index (χ1) is 12.5. The summed E-state index contributed by atoms with van der Waals surface area (Å²) in [5.41, 5.74) is 1.08. The van der Waals surface area contributed by atoms with Crippen LogP contribution in [0.1, 0.15) is 50.5 Å². The van der Waals surface area contributed by atoms with Gasteiger partial charge in [-0.25, -0.2) is 0 Å². The molecule has 1 aliphatic carbocycles. The second kappa shape index (κ2) is 8.07. The maximum absolute atomic E-state index is 12.9. The van der Waals surface area contributed by atoms with Crippen LogP contribution < -0.4 is 4.74 Å². The quantitative estimate of drug-likeness (QED) is 0.520. The smallest absolute Gasteiger partial charge is 0.226 e. The highest BCUT2D eigenvalue weighted by atomic mass is 16.5. The standard InChI is InChI=1S/C22H29NO3/c1-3-4-5-6-11-22-13-18(12-19(24)14-22)21(25)23(16-22)15-17-7-9-20(26-2)10-8-17/h3,7-10,18H,1,4-6,11-16H2,2H3. The van der Waals surface area contributed by atoms with Crippen molar-refractivity contribution >= 4 is 11.7 Å². The molecule has 2 bridgehead atoms. The Morgan fingerprint density at radius 2 is 2.04 bits per heavy atom. The summed E-state index contributed by atoms with van der Waals surface area (Å²) in [6, 6.07) is 7.88. The SMILES string of the molecule is C=CCCCCC12CC(=O)CC(C1)C(=O)N(Cc1ccc(OC)cc1)C2. The molecule has 2 unspecified atom stereocenters. The van der Waals surface area contributed by atoms with Gasteiger partial charge in [0.25, 0.3) is 0 Å². The van der Waals surface area contributed by atoms with Gasteiger partial charge in [-0.15, -0.1) is 6.58 Å². The predicted molar refractivity (Wildman–Crippen MR) is 102 cm³/mol. The normalized spacial score (nSPS) is 25.3. The molecule has 0 radical (unpaired) electrons. The van der Waals surface area contributed by atoms with Crippen LogP contribution in [0.4, 0.5) is 0 Å². The van der Waals surface area contributed by atoms with E-state index in [0.717, 1.165) is 43.4 Å². The van der Waals surface area contributed by atoms with Crippen LogP contribution in [0.15, 0.2) is 36.9 Å². The summed E-state index contributed by atoms with van der Waals surface area (Å²) in [6.45, 7) is 5.10. The molecule has 140 valence electrons. The number of methoxy groups -OCH3 is 1. The van der Waals surface area contributed by atoms with Crippen molar-refractivity contribution in [2.75, 3.05) is 13.7 Å². The van der Waals surface area contributed by atoms with Crippen molar-refractivity contribution in [3.05, 3.63) is 42.5 Å². The van der Waals surface area contributed by atoms with Crippen LogP contribution in [-0.2, 0) is 16.1 Å². The maximum Gasteiger partial charge on any atom is 0.226 e. The van der Waals surface area contributed by atoms with Crippen LogP contribution in [0.3, 0.4) is 0 Å². The molecule has 1 aromatic carbocycles. The third-order valence-corrected chi connectivity index (χ3v) is 5.81. The minimum Gasteiger partial charge on any atom is -0.497 e. The zero-order valence-corrected chi connectivity index (χ0v) is 15.7. The van der Waals surface area contributed by atoms with Gasteiger partial charge in [0.1, 0.15) is 11.5 Å². The number of allylic oxidation sites excluding steroid dienone is 1. The average Bonchev–Trinajstić information content (AvgIpc) is 2.63. The van der Waals surface area contributed by atoms with Crippen LogP contribution >= 0.6 is 0 Å². The molecule has 1 saturated heterocycles. The molecule has 1 aromatic rings. The number of Topliss-reactive ketones (excluding diaryl/α,β-unsaturated/α-hetero) is 1. The molecule has 4 nitrogen and oxygen atoms in total. The summed E-state index contributed by atoms with van der Waals surface area (Å²) in [5, 5.41) is 0. The minimum absolute atomic E-state index is 0.0262. The lowest BCUT2D eigenvalue weighted by molar-refractivity contribution is -0.153. The van der Waals surface area contributed by atoms with Gasteiger partial charge in [-0.1, -0.05) is 24.6 Å². The summed E-state index contributed by atoms with van der Waals surface area (Å²) in [7, 11) is 1.65. The Morgan fingerprint density at radius 3 is 2.73 bits per heavy atom. The van der Waals surface area contributed by atoms with Crippen molar-refractivity contribution in [2.45, 2.75) is 51.5 Å². The van der Waals surface area contributed by atoms with Gasteiger partial charge in [0.2, 0.25) is 5.91 Å². The molecule has 1 amide bonds. The molecule has 1 aliphatic heterocycles. The van der Waals surface area contributed by atoms with Gasteiger partial charge in [-0.3, -0.25) is 9.59 Å².